The number of alkyl carbamates (subject to hydrolysis) is 1. The Kier molecular flexibility index (Phi) is 7.91. The number of ether oxygens (including phenoxy) is 2. The second-order valence-corrected chi connectivity index (χ2v) is 9.81. The normalized spacial score (nSPS) is 13.2. The van der Waals surface area contributed by atoms with Crippen molar-refractivity contribution >= 4 is 18.1 Å². The Morgan fingerprint density at radius 2 is 1.81 bits per heavy atom. The fourth-order valence-corrected chi connectivity index (χ4v) is 4.22. The molecule has 0 unspecified atom stereocenters. The Hall–Kier alpha value is -4.14. The first kappa shape index (κ1) is 25.9. The van der Waals surface area contributed by atoms with Gasteiger partial charge in [-0.2, -0.15) is 0 Å². The lowest BCUT2D eigenvalue weighted by Crippen LogP contribution is -2.44. The lowest BCUT2D eigenvalue weighted by atomic mass is 10.1. The number of hydrogen-bond donors (Lipinski definition) is 1. The van der Waals surface area contributed by atoms with Crippen LogP contribution in [0.5, 0.6) is 0 Å². The number of nitrogens with zero attached hydrogens (tertiary/aromatic N) is 3. The molecule has 0 saturated heterocycles. The van der Waals surface area contributed by atoms with Gasteiger partial charge in [-0.25, -0.2) is 14.5 Å². The molecule has 2 aromatic heterocycles. The number of hydrogen-bond acceptors (Lipinski definition) is 6. The number of pyridine rings is 1. The van der Waals surface area contributed by atoms with Gasteiger partial charge < -0.3 is 19.4 Å². The van der Waals surface area contributed by atoms with Crippen molar-refractivity contribution in [2.24, 2.45) is 0 Å². The molecular weight excluding hydrogens is 472 g/mol. The van der Waals surface area contributed by atoms with Crippen LogP contribution >= 0.6 is 0 Å². The molecule has 0 saturated carbocycles. The van der Waals surface area contributed by atoms with Crippen LogP contribution in [0.3, 0.4) is 0 Å². The van der Waals surface area contributed by atoms with E-state index in [9.17, 15) is 14.4 Å². The zero-order chi connectivity index (χ0) is 26.4. The molecule has 9 heteroatoms. The van der Waals surface area contributed by atoms with Crippen molar-refractivity contribution < 1.29 is 23.9 Å². The minimum absolute atomic E-state index is 0.209. The summed E-state index contributed by atoms with van der Waals surface area (Å²) in [5, 5.41) is 2.79. The van der Waals surface area contributed by atoms with Gasteiger partial charge in [0.05, 0.1) is 5.56 Å². The van der Waals surface area contributed by atoms with Crippen molar-refractivity contribution in [3.63, 3.8) is 0 Å². The molecule has 0 bridgehead atoms. The highest BCUT2D eigenvalue weighted by Gasteiger charge is 2.35. The summed E-state index contributed by atoms with van der Waals surface area (Å²) in [5.74, 6) is -0.368. The van der Waals surface area contributed by atoms with Crippen LogP contribution in [0.25, 0.3) is 11.3 Å². The first-order valence-electron chi connectivity index (χ1n) is 12.3. The van der Waals surface area contributed by atoms with Crippen molar-refractivity contribution in [1.29, 1.82) is 0 Å². The zero-order valence-corrected chi connectivity index (χ0v) is 21.4. The van der Waals surface area contributed by atoms with E-state index in [4.69, 9.17) is 9.47 Å². The van der Waals surface area contributed by atoms with Crippen LogP contribution in [-0.4, -0.2) is 51.2 Å². The van der Waals surface area contributed by atoms with Gasteiger partial charge >= 0.3 is 12.2 Å². The van der Waals surface area contributed by atoms with Crippen molar-refractivity contribution in [2.45, 2.75) is 52.4 Å². The quantitative estimate of drug-likeness (QED) is 0.464. The van der Waals surface area contributed by atoms with Crippen LogP contribution in [0.1, 0.15) is 48.8 Å². The molecule has 0 aliphatic carbocycles. The highest BCUT2D eigenvalue weighted by molar-refractivity contribution is 6.05. The third kappa shape index (κ3) is 6.55. The Morgan fingerprint density at radius 1 is 1.08 bits per heavy atom. The highest BCUT2D eigenvalue weighted by Crippen LogP contribution is 2.30. The molecule has 9 nitrogen and oxygen atoms in total. The van der Waals surface area contributed by atoms with E-state index in [0.717, 1.165) is 22.5 Å². The van der Waals surface area contributed by atoms with Gasteiger partial charge in [0.15, 0.2) is 0 Å². The first-order valence-corrected chi connectivity index (χ1v) is 12.3. The molecule has 3 aromatic rings. The van der Waals surface area contributed by atoms with E-state index in [1.807, 2.05) is 48.5 Å². The largest absolute Gasteiger partial charge is 0.445 e. The molecule has 37 heavy (non-hydrogen) atoms. The maximum absolute atomic E-state index is 13.3. The smallest absolute Gasteiger partial charge is 0.417 e. The molecule has 4 rings (SSSR count). The number of nitrogens with one attached hydrogen (secondary N) is 1. The maximum atomic E-state index is 13.3. The van der Waals surface area contributed by atoms with E-state index in [1.54, 1.807) is 33.2 Å². The van der Waals surface area contributed by atoms with E-state index in [2.05, 4.69) is 14.9 Å². The summed E-state index contributed by atoms with van der Waals surface area (Å²) < 4.78 is 12.8. The van der Waals surface area contributed by atoms with Crippen LogP contribution in [-0.2, 0) is 29.0 Å². The number of carbonyl (C=O) groups is 3. The average molecular weight is 505 g/mol. The van der Waals surface area contributed by atoms with Gasteiger partial charge in [0.2, 0.25) is 0 Å². The molecule has 0 spiro atoms. The lowest BCUT2D eigenvalue weighted by Gasteiger charge is -2.29. The SMILES string of the molecule is CC(C)(C)OC(=O)N1CCc2c(cc(-c3ccncc3)n2CCCNC(=O)OCc2ccccc2)C1=O. The standard InChI is InChI=1S/C28H32N4O5/c1-28(2,3)37-27(35)32-17-12-23-22(25(32)33)18-24(21-10-14-29-15-11-21)31(23)16-7-13-30-26(34)36-19-20-8-5-4-6-9-20/h4-6,8-11,14-15,18H,7,12-13,16-17,19H2,1-3H3,(H,30,34). The van der Waals surface area contributed by atoms with Crippen molar-refractivity contribution in [2.75, 3.05) is 13.1 Å². The Labute approximate surface area is 216 Å². The summed E-state index contributed by atoms with van der Waals surface area (Å²) in [4.78, 5) is 43.3. The van der Waals surface area contributed by atoms with Gasteiger partial charge in [0.1, 0.15) is 12.2 Å². The molecule has 0 atom stereocenters. The fourth-order valence-electron chi connectivity index (χ4n) is 4.22. The summed E-state index contributed by atoms with van der Waals surface area (Å²) in [5.41, 5.74) is 3.35. The van der Waals surface area contributed by atoms with Crippen molar-refractivity contribution in [1.82, 2.24) is 19.8 Å². The van der Waals surface area contributed by atoms with E-state index < -0.39 is 17.8 Å². The van der Waals surface area contributed by atoms with Crippen LogP contribution in [0.15, 0.2) is 60.9 Å². The molecule has 0 fully saturated rings. The predicted octanol–water partition coefficient (Wildman–Crippen LogP) is 4.80. The second kappa shape index (κ2) is 11.3. The van der Waals surface area contributed by atoms with E-state index in [-0.39, 0.29) is 19.1 Å². The molecule has 3 amide bonds. The van der Waals surface area contributed by atoms with Gasteiger partial charge in [-0.1, -0.05) is 30.3 Å². The predicted molar refractivity (Wildman–Crippen MR) is 138 cm³/mol. The molecule has 1 aromatic carbocycles. The third-order valence-electron chi connectivity index (χ3n) is 5.89. The lowest BCUT2D eigenvalue weighted by molar-refractivity contribution is 0.0232. The number of amides is 3. The average Bonchev–Trinajstić information content (AvgIpc) is 3.25. The van der Waals surface area contributed by atoms with Crippen molar-refractivity contribution in [3.8, 4) is 11.3 Å². The molecule has 1 aliphatic rings. The van der Waals surface area contributed by atoms with Crippen molar-refractivity contribution in [3.05, 3.63) is 77.7 Å². The third-order valence-corrected chi connectivity index (χ3v) is 5.89. The van der Waals surface area contributed by atoms with Crippen LogP contribution < -0.4 is 5.32 Å². The van der Waals surface area contributed by atoms with E-state index >= 15 is 0 Å². The number of aromatic nitrogens is 2. The number of rotatable bonds is 7. The van der Waals surface area contributed by atoms with Crippen LogP contribution in [0, 0.1) is 0 Å². The van der Waals surface area contributed by atoms with Gasteiger partial charge in [-0.3, -0.25) is 9.78 Å². The minimum atomic E-state index is -0.693. The minimum Gasteiger partial charge on any atom is -0.445 e. The number of carbonyl (C=O) groups excluding carboxylic acids is 3. The van der Waals surface area contributed by atoms with Gasteiger partial charge in [-0.05, 0) is 51.0 Å². The van der Waals surface area contributed by atoms with Gasteiger partial charge in [0, 0.05) is 55.4 Å². The molecular formula is C28H32N4O5. The second-order valence-electron chi connectivity index (χ2n) is 9.81. The number of imide groups is 1. The fraction of sp³-hybridized carbons (Fsp3) is 0.357. The summed E-state index contributed by atoms with van der Waals surface area (Å²) in [6, 6.07) is 15.1. The Balaban J connectivity index is 1.44. The number of fused-ring (bicyclic) bond motifs is 1. The molecule has 194 valence electrons. The maximum Gasteiger partial charge on any atom is 0.417 e. The topological polar surface area (TPSA) is 103 Å². The molecule has 0 radical (unpaired) electrons. The molecule has 1 N–H and O–H groups in total. The van der Waals surface area contributed by atoms with E-state index in [0.29, 0.717) is 31.5 Å². The summed E-state index contributed by atoms with van der Waals surface area (Å²) in [6.07, 6.45) is 3.42. The summed E-state index contributed by atoms with van der Waals surface area (Å²) >= 11 is 0. The monoisotopic (exact) mass is 504 g/mol. The van der Waals surface area contributed by atoms with E-state index in [1.165, 1.54) is 4.90 Å². The summed E-state index contributed by atoms with van der Waals surface area (Å²) in [6.45, 7) is 6.75. The highest BCUT2D eigenvalue weighted by atomic mass is 16.6. The first-order chi connectivity index (χ1) is 17.7. The summed E-state index contributed by atoms with van der Waals surface area (Å²) in [7, 11) is 0. The molecule has 1 aliphatic heterocycles. The number of benzene rings is 1. The van der Waals surface area contributed by atoms with Crippen LogP contribution in [0.4, 0.5) is 9.59 Å². The van der Waals surface area contributed by atoms with Crippen LogP contribution in [0.2, 0.25) is 0 Å². The van der Waals surface area contributed by atoms with Gasteiger partial charge in [-0.15, -0.1) is 0 Å². The zero-order valence-electron chi connectivity index (χ0n) is 21.4. The molecule has 3 heterocycles. The van der Waals surface area contributed by atoms with Gasteiger partial charge in [0.25, 0.3) is 5.91 Å². The Bertz CT molecular complexity index is 1250. The Morgan fingerprint density at radius 3 is 2.51 bits per heavy atom.